The Kier molecular flexibility index (Phi) is 5.84. The molecule has 2 aromatic rings. The number of nitrogens with one attached hydrogen (secondary N) is 1. The third-order valence-corrected chi connectivity index (χ3v) is 4.59. The van der Waals surface area contributed by atoms with Gasteiger partial charge in [-0.1, -0.05) is 25.1 Å². The summed E-state index contributed by atoms with van der Waals surface area (Å²) in [5.41, 5.74) is 0.887. The van der Waals surface area contributed by atoms with Crippen LogP contribution in [-0.2, 0) is 9.59 Å². The van der Waals surface area contributed by atoms with Crippen LogP contribution < -0.4 is 15.0 Å². The van der Waals surface area contributed by atoms with Gasteiger partial charge in [0.15, 0.2) is 5.11 Å². The quantitative estimate of drug-likeness (QED) is 0.472. The third kappa shape index (κ3) is 4.09. The molecule has 1 heterocycles. The highest BCUT2D eigenvalue weighted by molar-refractivity contribution is 7.80. The van der Waals surface area contributed by atoms with Gasteiger partial charge in [0.05, 0.1) is 11.8 Å². The number of hydrogen-bond donors (Lipinski definition) is 1. The fourth-order valence-electron chi connectivity index (χ4n) is 2.64. The van der Waals surface area contributed by atoms with E-state index in [4.69, 9.17) is 17.0 Å². The fourth-order valence-corrected chi connectivity index (χ4v) is 2.93. The van der Waals surface area contributed by atoms with Crippen molar-refractivity contribution in [3.8, 4) is 5.75 Å². The van der Waals surface area contributed by atoms with Gasteiger partial charge in [0.2, 0.25) is 0 Å². The first-order valence-corrected chi connectivity index (χ1v) is 9.24. The van der Waals surface area contributed by atoms with E-state index in [9.17, 15) is 14.0 Å². The molecule has 7 heteroatoms. The molecule has 3 rings (SSSR count). The molecule has 0 bridgehead atoms. The van der Waals surface area contributed by atoms with Gasteiger partial charge >= 0.3 is 0 Å². The van der Waals surface area contributed by atoms with Crippen LogP contribution in [0.4, 0.5) is 10.1 Å². The summed E-state index contributed by atoms with van der Waals surface area (Å²) in [7, 11) is 0. The van der Waals surface area contributed by atoms with Gasteiger partial charge in [0.25, 0.3) is 11.8 Å². The Morgan fingerprint density at radius 3 is 2.54 bits per heavy atom. The second-order valence-corrected chi connectivity index (χ2v) is 6.70. The van der Waals surface area contributed by atoms with Gasteiger partial charge in [-0.2, -0.15) is 0 Å². The number of hydrogen-bond acceptors (Lipinski definition) is 4. The summed E-state index contributed by atoms with van der Waals surface area (Å²) in [6.07, 6.45) is 2.28. The van der Waals surface area contributed by atoms with Gasteiger partial charge in [-0.15, -0.1) is 0 Å². The van der Waals surface area contributed by atoms with Crippen LogP contribution in [0.3, 0.4) is 0 Å². The predicted molar refractivity (Wildman–Crippen MR) is 109 cm³/mol. The lowest BCUT2D eigenvalue weighted by atomic mass is 10.1. The number of para-hydroxylation sites is 1. The molecule has 28 heavy (non-hydrogen) atoms. The van der Waals surface area contributed by atoms with Gasteiger partial charge in [0, 0.05) is 5.56 Å². The van der Waals surface area contributed by atoms with Crippen molar-refractivity contribution < 1.29 is 18.7 Å². The van der Waals surface area contributed by atoms with Crippen LogP contribution in [0.2, 0.25) is 0 Å². The van der Waals surface area contributed by atoms with E-state index in [2.05, 4.69) is 5.32 Å². The van der Waals surface area contributed by atoms with Crippen molar-refractivity contribution in [1.29, 1.82) is 0 Å². The Morgan fingerprint density at radius 1 is 1.18 bits per heavy atom. The van der Waals surface area contributed by atoms with Crippen molar-refractivity contribution in [3.63, 3.8) is 0 Å². The zero-order valence-electron chi connectivity index (χ0n) is 15.4. The number of amides is 2. The van der Waals surface area contributed by atoms with E-state index >= 15 is 0 Å². The van der Waals surface area contributed by atoms with Crippen molar-refractivity contribution >= 4 is 40.9 Å². The number of halogens is 1. The summed E-state index contributed by atoms with van der Waals surface area (Å²) in [4.78, 5) is 26.6. The van der Waals surface area contributed by atoms with Gasteiger partial charge in [0.1, 0.15) is 17.1 Å². The molecule has 144 valence electrons. The van der Waals surface area contributed by atoms with Crippen molar-refractivity contribution in [1.82, 2.24) is 5.32 Å². The van der Waals surface area contributed by atoms with E-state index in [1.54, 1.807) is 18.2 Å². The number of carbonyl (C=O) groups excluding carboxylic acids is 2. The van der Waals surface area contributed by atoms with E-state index in [0.717, 1.165) is 6.42 Å². The molecule has 0 aromatic heterocycles. The van der Waals surface area contributed by atoms with Crippen LogP contribution in [0.5, 0.6) is 5.75 Å². The zero-order chi connectivity index (χ0) is 20.3. The van der Waals surface area contributed by atoms with E-state index in [0.29, 0.717) is 17.0 Å². The normalized spacial score (nSPS) is 16.9. The SMILES string of the molecule is CCC(C)Oc1ccccc1/C=C1\C(=O)NC(=S)N(c2ccc(F)cc2)C1=O. The number of thiocarbonyl (C=S) groups is 1. The molecule has 2 aromatic carbocycles. The molecule has 2 amide bonds. The molecule has 1 aliphatic rings. The lowest BCUT2D eigenvalue weighted by molar-refractivity contribution is -0.122. The number of nitrogens with zero attached hydrogens (tertiary/aromatic N) is 1. The fraction of sp³-hybridized carbons (Fsp3) is 0.190. The maximum atomic E-state index is 13.2. The molecular formula is C21H19FN2O3S. The molecule has 1 atom stereocenters. The van der Waals surface area contributed by atoms with Crippen LogP contribution in [0.1, 0.15) is 25.8 Å². The standard InChI is InChI=1S/C21H19FN2O3S/c1-3-13(2)27-18-7-5-4-6-14(18)12-17-19(25)23-21(28)24(20(17)26)16-10-8-15(22)9-11-16/h4-13H,3H2,1-2H3,(H,23,25,28)/b17-12+. The Hall–Kier alpha value is -3.06. The molecule has 1 aliphatic heterocycles. The van der Waals surface area contributed by atoms with Crippen LogP contribution in [0.15, 0.2) is 54.1 Å². The second kappa shape index (κ2) is 8.31. The monoisotopic (exact) mass is 398 g/mol. The van der Waals surface area contributed by atoms with E-state index < -0.39 is 17.6 Å². The molecular weight excluding hydrogens is 379 g/mol. The van der Waals surface area contributed by atoms with Crippen LogP contribution in [-0.4, -0.2) is 23.0 Å². The highest BCUT2D eigenvalue weighted by Gasteiger charge is 2.34. The second-order valence-electron chi connectivity index (χ2n) is 6.31. The highest BCUT2D eigenvalue weighted by atomic mass is 32.1. The Labute approximate surface area is 167 Å². The number of benzene rings is 2. The molecule has 1 unspecified atom stereocenters. The molecule has 5 nitrogen and oxygen atoms in total. The zero-order valence-corrected chi connectivity index (χ0v) is 16.3. The Bertz CT molecular complexity index is 956. The number of rotatable bonds is 5. The minimum absolute atomic E-state index is 0.0151. The average Bonchev–Trinajstić information content (AvgIpc) is 2.67. The lowest BCUT2D eigenvalue weighted by Crippen LogP contribution is -2.54. The first-order valence-electron chi connectivity index (χ1n) is 8.83. The Morgan fingerprint density at radius 2 is 1.86 bits per heavy atom. The average molecular weight is 398 g/mol. The van der Waals surface area contributed by atoms with Crippen LogP contribution in [0, 0.1) is 5.82 Å². The molecule has 0 aliphatic carbocycles. The summed E-state index contributed by atoms with van der Waals surface area (Å²) in [5, 5.41) is 2.46. The number of anilines is 1. The van der Waals surface area contributed by atoms with Gasteiger partial charge < -0.3 is 4.74 Å². The summed E-state index contributed by atoms with van der Waals surface area (Å²) in [5.74, 6) is -1.04. The highest BCUT2D eigenvalue weighted by Crippen LogP contribution is 2.26. The minimum Gasteiger partial charge on any atom is -0.490 e. The van der Waals surface area contributed by atoms with Crippen molar-refractivity contribution in [2.45, 2.75) is 26.4 Å². The smallest absolute Gasteiger partial charge is 0.270 e. The minimum atomic E-state index is -0.591. The Balaban J connectivity index is 1.99. The van der Waals surface area contributed by atoms with Crippen LogP contribution >= 0.6 is 12.2 Å². The van der Waals surface area contributed by atoms with E-state index in [1.165, 1.54) is 35.2 Å². The van der Waals surface area contributed by atoms with Crippen molar-refractivity contribution in [2.75, 3.05) is 4.90 Å². The molecule has 1 saturated heterocycles. The first-order chi connectivity index (χ1) is 13.4. The van der Waals surface area contributed by atoms with Crippen molar-refractivity contribution in [2.24, 2.45) is 0 Å². The van der Waals surface area contributed by atoms with Crippen LogP contribution in [0.25, 0.3) is 6.08 Å². The largest absolute Gasteiger partial charge is 0.490 e. The lowest BCUT2D eigenvalue weighted by Gasteiger charge is -2.29. The first kappa shape index (κ1) is 19.7. The summed E-state index contributed by atoms with van der Waals surface area (Å²) < 4.78 is 19.1. The number of ether oxygens (including phenoxy) is 1. The molecule has 0 saturated carbocycles. The topological polar surface area (TPSA) is 58.6 Å². The van der Waals surface area contributed by atoms with E-state index in [-0.39, 0.29) is 16.8 Å². The maximum Gasteiger partial charge on any atom is 0.270 e. The van der Waals surface area contributed by atoms with Crippen molar-refractivity contribution in [3.05, 3.63) is 65.5 Å². The summed E-state index contributed by atoms with van der Waals surface area (Å²) in [6, 6.07) is 12.5. The maximum absolute atomic E-state index is 13.2. The van der Waals surface area contributed by atoms with Gasteiger partial charge in [-0.3, -0.25) is 19.8 Å². The molecule has 0 radical (unpaired) electrons. The summed E-state index contributed by atoms with van der Waals surface area (Å²) >= 11 is 5.14. The molecule has 1 fully saturated rings. The third-order valence-electron chi connectivity index (χ3n) is 4.31. The predicted octanol–water partition coefficient (Wildman–Crippen LogP) is 3.83. The van der Waals surface area contributed by atoms with Gasteiger partial charge in [-0.25, -0.2) is 4.39 Å². The van der Waals surface area contributed by atoms with E-state index in [1.807, 2.05) is 19.9 Å². The summed E-state index contributed by atoms with van der Waals surface area (Å²) in [6.45, 7) is 3.95. The number of carbonyl (C=O) groups is 2. The molecule has 1 N–H and O–H groups in total. The van der Waals surface area contributed by atoms with Gasteiger partial charge in [-0.05, 0) is 62.0 Å². The molecule has 0 spiro atoms.